The first-order valence-electron chi connectivity index (χ1n) is 6.41. The van der Waals surface area contributed by atoms with E-state index in [-0.39, 0.29) is 11.1 Å². The molecule has 0 radical (unpaired) electrons. The number of carboxylic acid groups (broad SMARTS) is 1. The lowest BCUT2D eigenvalue weighted by Crippen LogP contribution is -2.55. The van der Waals surface area contributed by atoms with Crippen molar-refractivity contribution in [1.29, 1.82) is 0 Å². The fourth-order valence-electron chi connectivity index (χ4n) is 2.22. The van der Waals surface area contributed by atoms with Gasteiger partial charge in [0.2, 0.25) is 0 Å². The summed E-state index contributed by atoms with van der Waals surface area (Å²) in [5, 5.41) is 16.3. The maximum atomic E-state index is 12.1. The quantitative estimate of drug-likeness (QED) is 0.837. The molecule has 2 heterocycles. The third-order valence-corrected chi connectivity index (χ3v) is 3.61. The minimum atomic E-state index is -0.957. The molecule has 0 aliphatic carbocycles. The van der Waals surface area contributed by atoms with E-state index in [0.29, 0.717) is 25.3 Å². The molecule has 1 fully saturated rings. The van der Waals surface area contributed by atoms with Gasteiger partial charge in [-0.2, -0.15) is 5.10 Å². The first kappa shape index (κ1) is 14.8. The molecular weight excluding hydrogens is 284 g/mol. The molecule has 7 nitrogen and oxygen atoms in total. The molecular formula is C12H17ClN4O3. The molecule has 1 aromatic heterocycles. The van der Waals surface area contributed by atoms with Crippen LogP contribution in [-0.2, 0) is 4.79 Å². The summed E-state index contributed by atoms with van der Waals surface area (Å²) in [5.41, 5.74) is -0.0238. The molecule has 0 aromatic carbocycles. The predicted molar refractivity (Wildman–Crippen MR) is 75.5 cm³/mol. The third-order valence-electron chi connectivity index (χ3n) is 3.25. The molecule has 1 saturated heterocycles. The van der Waals surface area contributed by atoms with Crippen LogP contribution < -0.4 is 15.8 Å². The van der Waals surface area contributed by atoms with Crippen molar-refractivity contribution >= 4 is 23.3 Å². The van der Waals surface area contributed by atoms with E-state index in [1.54, 1.807) is 4.90 Å². The van der Waals surface area contributed by atoms with E-state index in [1.165, 1.54) is 10.9 Å². The lowest BCUT2D eigenvalue weighted by molar-refractivity contribution is -0.138. The van der Waals surface area contributed by atoms with E-state index in [9.17, 15) is 14.7 Å². The Morgan fingerprint density at radius 2 is 2.30 bits per heavy atom. The summed E-state index contributed by atoms with van der Waals surface area (Å²) >= 11 is 6.12. The van der Waals surface area contributed by atoms with E-state index in [0.717, 1.165) is 0 Å². The Bertz CT molecular complexity index is 572. The number of nitrogens with zero attached hydrogens (tertiary/aromatic N) is 3. The highest BCUT2D eigenvalue weighted by atomic mass is 35.5. The number of piperazine rings is 1. The maximum Gasteiger partial charge on any atom is 0.327 e. The Morgan fingerprint density at radius 3 is 2.90 bits per heavy atom. The molecule has 1 aromatic rings. The topological polar surface area (TPSA) is 87.5 Å². The largest absolute Gasteiger partial charge is 0.480 e. The van der Waals surface area contributed by atoms with Crippen molar-refractivity contribution in [3.05, 3.63) is 21.6 Å². The average Bonchev–Trinajstić information content (AvgIpc) is 2.41. The number of carbonyl (C=O) groups is 1. The SMILES string of the molecule is CC(C)n1ncc(N2CCNCC2C(=O)O)c(Cl)c1=O. The van der Waals surface area contributed by atoms with Crippen LogP contribution in [0.5, 0.6) is 0 Å². The van der Waals surface area contributed by atoms with Gasteiger partial charge in [0.15, 0.2) is 0 Å². The van der Waals surface area contributed by atoms with Gasteiger partial charge < -0.3 is 15.3 Å². The smallest absolute Gasteiger partial charge is 0.327 e. The molecule has 1 unspecified atom stereocenters. The predicted octanol–water partition coefficient (Wildman–Crippen LogP) is 0.340. The summed E-state index contributed by atoms with van der Waals surface area (Å²) in [7, 11) is 0. The Morgan fingerprint density at radius 1 is 1.60 bits per heavy atom. The van der Waals surface area contributed by atoms with Crippen LogP contribution in [0.15, 0.2) is 11.0 Å². The van der Waals surface area contributed by atoms with Crippen molar-refractivity contribution in [2.75, 3.05) is 24.5 Å². The number of anilines is 1. The van der Waals surface area contributed by atoms with Gasteiger partial charge in [-0.3, -0.25) is 4.79 Å². The number of nitrogens with one attached hydrogen (secondary N) is 1. The highest BCUT2D eigenvalue weighted by molar-refractivity contribution is 6.33. The number of rotatable bonds is 3. The Labute approximate surface area is 121 Å². The number of hydrogen-bond acceptors (Lipinski definition) is 5. The third kappa shape index (κ3) is 2.64. The molecule has 2 N–H and O–H groups in total. The zero-order valence-electron chi connectivity index (χ0n) is 11.3. The minimum Gasteiger partial charge on any atom is -0.480 e. The van der Waals surface area contributed by atoms with E-state index in [1.807, 2.05) is 13.8 Å². The fourth-order valence-corrected chi connectivity index (χ4v) is 2.46. The number of carboxylic acids is 1. The number of hydrogen-bond donors (Lipinski definition) is 2. The molecule has 20 heavy (non-hydrogen) atoms. The Kier molecular flexibility index (Phi) is 4.29. The first-order chi connectivity index (χ1) is 9.43. The zero-order valence-corrected chi connectivity index (χ0v) is 12.1. The van der Waals surface area contributed by atoms with Crippen LogP contribution in [0.2, 0.25) is 5.02 Å². The second-order valence-corrected chi connectivity index (χ2v) is 5.32. The van der Waals surface area contributed by atoms with Crippen molar-refractivity contribution < 1.29 is 9.90 Å². The van der Waals surface area contributed by atoms with E-state index < -0.39 is 17.6 Å². The van der Waals surface area contributed by atoms with Gasteiger partial charge in [0, 0.05) is 19.6 Å². The maximum absolute atomic E-state index is 12.1. The van der Waals surface area contributed by atoms with Crippen molar-refractivity contribution in [2.24, 2.45) is 0 Å². The normalized spacial score (nSPS) is 19.4. The highest BCUT2D eigenvalue weighted by Gasteiger charge is 2.30. The van der Waals surface area contributed by atoms with Crippen LogP contribution in [0.3, 0.4) is 0 Å². The summed E-state index contributed by atoms with van der Waals surface area (Å²) in [6.45, 7) is 5.06. The van der Waals surface area contributed by atoms with Crippen molar-refractivity contribution in [3.8, 4) is 0 Å². The standard InChI is InChI=1S/C12H17ClN4O3/c1-7(2)17-11(18)10(13)8(6-15-17)16-4-3-14-5-9(16)12(19)20/h6-7,9,14H,3-5H2,1-2H3,(H,19,20). The summed E-state index contributed by atoms with van der Waals surface area (Å²) in [6, 6.07) is -0.857. The fraction of sp³-hybridized carbons (Fsp3) is 0.583. The highest BCUT2D eigenvalue weighted by Crippen LogP contribution is 2.24. The van der Waals surface area contributed by atoms with Gasteiger partial charge in [0.05, 0.1) is 17.9 Å². The van der Waals surface area contributed by atoms with Crippen LogP contribution in [0, 0.1) is 0 Å². The van der Waals surface area contributed by atoms with Crippen molar-refractivity contribution in [2.45, 2.75) is 25.9 Å². The molecule has 0 bridgehead atoms. The van der Waals surface area contributed by atoms with Crippen LogP contribution in [-0.4, -0.2) is 46.5 Å². The van der Waals surface area contributed by atoms with Crippen LogP contribution >= 0.6 is 11.6 Å². The van der Waals surface area contributed by atoms with E-state index in [4.69, 9.17) is 11.6 Å². The van der Waals surface area contributed by atoms with Crippen LogP contribution in [0.4, 0.5) is 5.69 Å². The summed E-state index contributed by atoms with van der Waals surface area (Å²) in [4.78, 5) is 25.0. The van der Waals surface area contributed by atoms with Gasteiger partial charge in [0.25, 0.3) is 5.56 Å². The molecule has 0 amide bonds. The van der Waals surface area contributed by atoms with E-state index in [2.05, 4.69) is 10.4 Å². The van der Waals surface area contributed by atoms with Crippen molar-refractivity contribution in [3.63, 3.8) is 0 Å². The first-order valence-corrected chi connectivity index (χ1v) is 6.78. The average molecular weight is 301 g/mol. The van der Waals surface area contributed by atoms with Crippen LogP contribution in [0.25, 0.3) is 0 Å². The molecule has 1 aliphatic heterocycles. The Balaban J connectivity index is 2.44. The second kappa shape index (κ2) is 5.80. The summed E-state index contributed by atoms with van der Waals surface area (Å²) in [6.07, 6.45) is 1.46. The number of aliphatic carboxylic acids is 1. The van der Waals surface area contributed by atoms with Gasteiger partial charge in [-0.25, -0.2) is 9.48 Å². The van der Waals surface area contributed by atoms with Gasteiger partial charge in [0.1, 0.15) is 11.1 Å². The minimum absolute atomic E-state index is 0.0156. The molecule has 110 valence electrons. The second-order valence-electron chi connectivity index (χ2n) is 4.94. The number of halogens is 1. The lowest BCUT2D eigenvalue weighted by Gasteiger charge is -2.35. The van der Waals surface area contributed by atoms with Crippen molar-refractivity contribution in [1.82, 2.24) is 15.1 Å². The molecule has 2 rings (SSSR count). The molecule has 1 atom stereocenters. The van der Waals surface area contributed by atoms with Gasteiger partial charge in [-0.05, 0) is 13.8 Å². The monoisotopic (exact) mass is 300 g/mol. The molecule has 0 saturated carbocycles. The molecule has 1 aliphatic rings. The van der Waals surface area contributed by atoms with Crippen LogP contribution in [0.1, 0.15) is 19.9 Å². The van der Waals surface area contributed by atoms with Gasteiger partial charge in [-0.1, -0.05) is 11.6 Å². The van der Waals surface area contributed by atoms with E-state index >= 15 is 0 Å². The van der Waals surface area contributed by atoms with Gasteiger partial charge in [-0.15, -0.1) is 0 Å². The summed E-state index contributed by atoms with van der Waals surface area (Å²) < 4.78 is 1.28. The Hall–Kier alpha value is -1.60. The molecule has 0 spiro atoms. The zero-order chi connectivity index (χ0) is 14.9. The van der Waals surface area contributed by atoms with Gasteiger partial charge >= 0.3 is 5.97 Å². The summed E-state index contributed by atoms with van der Waals surface area (Å²) in [5.74, 6) is -0.957. The molecule has 8 heteroatoms. The lowest BCUT2D eigenvalue weighted by atomic mass is 10.2. The number of aromatic nitrogens is 2.